The van der Waals surface area contributed by atoms with Gasteiger partial charge in [-0.05, 0) is 37.5 Å². The van der Waals surface area contributed by atoms with Gasteiger partial charge in [-0.25, -0.2) is 4.79 Å². The van der Waals surface area contributed by atoms with Gasteiger partial charge in [0.15, 0.2) is 6.10 Å². The number of benzene rings is 2. The van der Waals surface area contributed by atoms with Crippen molar-refractivity contribution in [1.29, 1.82) is 0 Å². The minimum atomic E-state index is -1.08. The van der Waals surface area contributed by atoms with Crippen LogP contribution < -0.4 is 5.32 Å². The third-order valence-corrected chi connectivity index (χ3v) is 4.34. The van der Waals surface area contributed by atoms with Gasteiger partial charge in [0.25, 0.3) is 11.6 Å². The van der Waals surface area contributed by atoms with Crippen molar-refractivity contribution in [2.75, 3.05) is 5.32 Å². The summed E-state index contributed by atoms with van der Waals surface area (Å²) in [7, 11) is 0. The molecule has 8 heteroatoms. The predicted octanol–water partition coefficient (Wildman–Crippen LogP) is 4.30. The number of amides is 1. The van der Waals surface area contributed by atoms with Crippen LogP contribution in [-0.4, -0.2) is 22.9 Å². The summed E-state index contributed by atoms with van der Waals surface area (Å²) in [6, 6.07) is 9.10. The Morgan fingerprint density at radius 2 is 2.00 bits per heavy atom. The Balaban J connectivity index is 2.11. The monoisotopic (exact) mass is 390 g/mol. The topological polar surface area (TPSA) is 98.5 Å². The van der Waals surface area contributed by atoms with Gasteiger partial charge in [-0.1, -0.05) is 36.7 Å². The molecule has 0 heterocycles. The number of carbonyl (C=O) groups excluding carboxylic acids is 2. The summed E-state index contributed by atoms with van der Waals surface area (Å²) in [4.78, 5) is 34.8. The zero-order valence-corrected chi connectivity index (χ0v) is 15.9. The third-order valence-electron chi connectivity index (χ3n) is 4.02. The van der Waals surface area contributed by atoms with Crippen molar-refractivity contribution < 1.29 is 19.2 Å². The van der Waals surface area contributed by atoms with Gasteiger partial charge < -0.3 is 10.1 Å². The quantitative estimate of drug-likeness (QED) is 0.450. The number of carbonyl (C=O) groups is 2. The number of hydrogen-bond donors (Lipinski definition) is 1. The van der Waals surface area contributed by atoms with Crippen LogP contribution in [0.5, 0.6) is 0 Å². The molecule has 1 unspecified atom stereocenters. The highest BCUT2D eigenvalue weighted by atomic mass is 35.5. The van der Waals surface area contributed by atoms with Crippen LogP contribution >= 0.6 is 11.6 Å². The second-order valence-corrected chi connectivity index (χ2v) is 6.33. The summed E-state index contributed by atoms with van der Waals surface area (Å²) in [5.41, 5.74) is 2.28. The van der Waals surface area contributed by atoms with E-state index in [9.17, 15) is 19.7 Å². The molecule has 0 aliphatic heterocycles. The van der Waals surface area contributed by atoms with Crippen LogP contribution in [0, 0.1) is 17.0 Å². The van der Waals surface area contributed by atoms with Crippen LogP contribution in [-0.2, 0) is 16.0 Å². The standard InChI is InChI=1S/C19H19ClN2O5/c1-4-13-7-5-6-11(2)17(13)21-18(23)12(3)27-19(24)15-9-8-14(22(25)26)10-16(15)20/h5-10,12H,4H2,1-3H3,(H,21,23). The molecule has 27 heavy (non-hydrogen) atoms. The first-order valence-electron chi connectivity index (χ1n) is 8.28. The Kier molecular flexibility index (Phi) is 6.52. The molecule has 0 saturated heterocycles. The van der Waals surface area contributed by atoms with Crippen molar-refractivity contribution in [2.24, 2.45) is 0 Å². The number of halogens is 1. The first-order chi connectivity index (χ1) is 12.7. The van der Waals surface area contributed by atoms with Crippen LogP contribution in [0.1, 0.15) is 35.3 Å². The van der Waals surface area contributed by atoms with Gasteiger partial charge in [0.05, 0.1) is 15.5 Å². The zero-order valence-electron chi connectivity index (χ0n) is 15.1. The van der Waals surface area contributed by atoms with E-state index in [4.69, 9.17) is 16.3 Å². The average Bonchev–Trinajstić information content (AvgIpc) is 2.62. The summed E-state index contributed by atoms with van der Waals surface area (Å²) in [5, 5.41) is 13.4. The van der Waals surface area contributed by atoms with Crippen molar-refractivity contribution >= 4 is 34.9 Å². The molecular weight excluding hydrogens is 372 g/mol. The number of nitrogens with one attached hydrogen (secondary N) is 1. The lowest BCUT2D eigenvalue weighted by Crippen LogP contribution is -2.30. The highest BCUT2D eigenvalue weighted by Crippen LogP contribution is 2.24. The molecule has 0 aliphatic rings. The molecule has 0 aromatic heterocycles. The Labute approximate surface area is 161 Å². The van der Waals surface area contributed by atoms with Gasteiger partial charge in [0.1, 0.15) is 0 Å². The van der Waals surface area contributed by atoms with Crippen LogP contribution in [0.25, 0.3) is 0 Å². The molecular formula is C19H19ClN2O5. The molecule has 0 aliphatic carbocycles. The maximum Gasteiger partial charge on any atom is 0.340 e. The number of nitro groups is 1. The molecule has 0 spiro atoms. The molecule has 2 rings (SSSR count). The lowest BCUT2D eigenvalue weighted by Gasteiger charge is -2.17. The molecule has 1 atom stereocenters. The largest absolute Gasteiger partial charge is 0.449 e. The number of aryl methyl sites for hydroxylation is 2. The van der Waals surface area contributed by atoms with Crippen LogP contribution in [0.3, 0.4) is 0 Å². The predicted molar refractivity (Wildman–Crippen MR) is 102 cm³/mol. The molecule has 1 amide bonds. The maximum absolute atomic E-state index is 12.4. The second kappa shape index (κ2) is 8.64. The lowest BCUT2D eigenvalue weighted by molar-refractivity contribution is -0.384. The fraction of sp³-hybridized carbons (Fsp3) is 0.263. The van der Waals surface area contributed by atoms with Crippen LogP contribution in [0.2, 0.25) is 5.02 Å². The van der Waals surface area contributed by atoms with E-state index >= 15 is 0 Å². The Morgan fingerprint density at radius 1 is 1.30 bits per heavy atom. The van der Waals surface area contributed by atoms with Gasteiger partial charge in [-0.15, -0.1) is 0 Å². The van der Waals surface area contributed by atoms with E-state index in [0.29, 0.717) is 5.69 Å². The first kappa shape index (κ1) is 20.4. The summed E-state index contributed by atoms with van der Waals surface area (Å²) in [6.07, 6.45) is -0.336. The first-order valence-corrected chi connectivity index (χ1v) is 8.66. The zero-order chi connectivity index (χ0) is 20.1. The summed E-state index contributed by atoms with van der Waals surface area (Å²) < 4.78 is 5.16. The Hall–Kier alpha value is -2.93. The molecule has 0 saturated carbocycles. The number of para-hydroxylation sites is 1. The Morgan fingerprint density at radius 3 is 2.59 bits per heavy atom. The number of ether oxygens (including phenoxy) is 1. The van der Waals surface area contributed by atoms with Crippen molar-refractivity contribution in [3.63, 3.8) is 0 Å². The molecule has 1 N–H and O–H groups in total. The molecule has 2 aromatic rings. The number of anilines is 1. The van der Waals surface area contributed by atoms with E-state index in [1.165, 1.54) is 13.0 Å². The number of hydrogen-bond acceptors (Lipinski definition) is 5. The SMILES string of the molecule is CCc1cccc(C)c1NC(=O)C(C)OC(=O)c1ccc([N+](=O)[O-])cc1Cl. The highest BCUT2D eigenvalue weighted by Gasteiger charge is 2.23. The fourth-order valence-corrected chi connectivity index (χ4v) is 2.74. The number of esters is 1. The van der Waals surface area contributed by atoms with Crippen molar-refractivity contribution in [1.82, 2.24) is 0 Å². The van der Waals surface area contributed by atoms with E-state index in [0.717, 1.165) is 29.7 Å². The third kappa shape index (κ3) is 4.83. The maximum atomic E-state index is 12.4. The van der Waals surface area contributed by atoms with Gasteiger partial charge in [0.2, 0.25) is 0 Å². The molecule has 2 aromatic carbocycles. The Bertz CT molecular complexity index is 898. The van der Waals surface area contributed by atoms with E-state index in [1.54, 1.807) is 0 Å². The molecule has 7 nitrogen and oxygen atoms in total. The highest BCUT2D eigenvalue weighted by molar-refractivity contribution is 6.33. The van der Waals surface area contributed by atoms with Gasteiger partial charge in [-0.3, -0.25) is 14.9 Å². The average molecular weight is 391 g/mol. The van der Waals surface area contributed by atoms with Crippen molar-refractivity contribution in [3.05, 3.63) is 68.2 Å². The molecule has 0 radical (unpaired) electrons. The summed E-state index contributed by atoms with van der Waals surface area (Å²) >= 11 is 5.92. The van der Waals surface area contributed by atoms with Crippen LogP contribution in [0.4, 0.5) is 11.4 Å². The molecule has 142 valence electrons. The van der Waals surface area contributed by atoms with Crippen molar-refractivity contribution in [3.8, 4) is 0 Å². The van der Waals surface area contributed by atoms with E-state index in [1.807, 2.05) is 32.0 Å². The van der Waals surface area contributed by atoms with Gasteiger partial charge in [-0.2, -0.15) is 0 Å². The number of nitro benzene ring substituents is 1. The smallest absolute Gasteiger partial charge is 0.340 e. The summed E-state index contributed by atoms with van der Waals surface area (Å²) in [5.74, 6) is -1.32. The number of rotatable bonds is 6. The second-order valence-electron chi connectivity index (χ2n) is 5.92. The fourth-order valence-electron chi connectivity index (χ4n) is 2.49. The van der Waals surface area contributed by atoms with E-state index < -0.39 is 22.9 Å². The molecule has 0 bridgehead atoms. The number of nitrogens with zero attached hydrogens (tertiary/aromatic N) is 1. The minimum absolute atomic E-state index is 0.0490. The van der Waals surface area contributed by atoms with Gasteiger partial charge in [0, 0.05) is 17.8 Å². The molecule has 0 fully saturated rings. The van der Waals surface area contributed by atoms with E-state index in [2.05, 4.69) is 5.32 Å². The van der Waals surface area contributed by atoms with Crippen molar-refractivity contribution in [2.45, 2.75) is 33.3 Å². The van der Waals surface area contributed by atoms with E-state index in [-0.39, 0.29) is 16.3 Å². The van der Waals surface area contributed by atoms with Gasteiger partial charge >= 0.3 is 5.97 Å². The number of non-ortho nitro benzene ring substituents is 1. The lowest BCUT2D eigenvalue weighted by atomic mass is 10.1. The minimum Gasteiger partial charge on any atom is -0.449 e. The normalized spacial score (nSPS) is 11.6. The van der Waals surface area contributed by atoms with Crippen LogP contribution in [0.15, 0.2) is 36.4 Å². The summed E-state index contributed by atoms with van der Waals surface area (Å²) in [6.45, 7) is 5.29.